The van der Waals surface area contributed by atoms with Crippen molar-refractivity contribution in [3.63, 3.8) is 0 Å². The van der Waals surface area contributed by atoms with Crippen LogP contribution >= 0.6 is 0 Å². The molecule has 0 aliphatic carbocycles. The molecule has 5 aromatic carbocycles. The third-order valence-electron chi connectivity index (χ3n) is 11.3. The highest BCUT2D eigenvalue weighted by molar-refractivity contribution is 6.99. The molecule has 0 fully saturated rings. The van der Waals surface area contributed by atoms with Crippen molar-refractivity contribution in [2.45, 2.75) is 105 Å². The van der Waals surface area contributed by atoms with Crippen LogP contribution in [0.25, 0.3) is 5.69 Å². The second-order valence-corrected chi connectivity index (χ2v) is 19.4. The molecular formula is C48H54BN5. The van der Waals surface area contributed by atoms with Crippen LogP contribution in [0.1, 0.15) is 105 Å². The summed E-state index contributed by atoms with van der Waals surface area (Å²) >= 11 is 0. The van der Waals surface area contributed by atoms with E-state index in [9.17, 15) is 0 Å². The molecule has 0 bridgehead atoms. The Bertz CT molecular complexity index is 2350. The summed E-state index contributed by atoms with van der Waals surface area (Å²) in [5, 5.41) is 10.1. The molecule has 1 aromatic heterocycles. The van der Waals surface area contributed by atoms with E-state index in [0.717, 1.165) is 34.2 Å². The van der Waals surface area contributed by atoms with Crippen LogP contribution < -0.4 is 26.3 Å². The smallest absolute Gasteiger partial charge is 0.280 e. The SMILES string of the molecule is CC(C)(C)c1ccc(N2c3ccc(C(C)(C)C)cc3B3c4nnn(-c5ccccc5)c4N(c4cc(C(C)(C)C)cc(C(C)(C)C)c4)c4cccc2c43)cc1. The molecule has 0 spiro atoms. The number of hydrogen-bond donors (Lipinski definition) is 0. The molecule has 54 heavy (non-hydrogen) atoms. The quantitative estimate of drug-likeness (QED) is 0.171. The van der Waals surface area contributed by atoms with Gasteiger partial charge in [0.1, 0.15) is 0 Å². The Morgan fingerprint density at radius 1 is 0.444 bits per heavy atom. The normalized spacial score (nSPS) is 14.2. The van der Waals surface area contributed by atoms with Gasteiger partial charge in [-0.3, -0.25) is 4.90 Å². The van der Waals surface area contributed by atoms with Crippen molar-refractivity contribution in [2.75, 3.05) is 9.80 Å². The van der Waals surface area contributed by atoms with E-state index in [4.69, 9.17) is 10.3 Å². The number of fused-ring (bicyclic) bond motifs is 4. The van der Waals surface area contributed by atoms with Crippen LogP contribution in [0, 0.1) is 0 Å². The molecule has 0 N–H and O–H groups in total. The van der Waals surface area contributed by atoms with Crippen molar-refractivity contribution in [3.8, 4) is 5.69 Å². The fraction of sp³-hybridized carbons (Fsp3) is 0.333. The number of aromatic nitrogens is 3. The maximum Gasteiger partial charge on any atom is 0.280 e. The minimum absolute atomic E-state index is 0.0318. The van der Waals surface area contributed by atoms with Crippen molar-refractivity contribution in [3.05, 3.63) is 131 Å². The molecule has 274 valence electrons. The molecule has 2 aliphatic rings. The van der Waals surface area contributed by atoms with E-state index in [1.807, 2.05) is 0 Å². The summed E-state index contributed by atoms with van der Waals surface area (Å²) in [5.74, 6) is 0.983. The first-order valence-electron chi connectivity index (χ1n) is 19.5. The number of hydrogen-bond acceptors (Lipinski definition) is 4. The molecule has 6 aromatic rings. The summed E-state index contributed by atoms with van der Waals surface area (Å²) in [4.78, 5) is 4.92. The van der Waals surface area contributed by atoms with Gasteiger partial charge in [0.2, 0.25) is 0 Å². The van der Waals surface area contributed by atoms with E-state index in [1.165, 1.54) is 44.6 Å². The van der Waals surface area contributed by atoms with Gasteiger partial charge in [0.15, 0.2) is 5.82 Å². The third kappa shape index (κ3) is 5.95. The number of rotatable bonds is 3. The summed E-state index contributed by atoms with van der Waals surface area (Å²) < 4.78 is 2.05. The maximum absolute atomic E-state index is 5.16. The number of para-hydroxylation sites is 1. The van der Waals surface area contributed by atoms with E-state index in [0.29, 0.717) is 0 Å². The lowest BCUT2D eigenvalue weighted by atomic mass is 9.35. The molecule has 0 saturated heterocycles. The van der Waals surface area contributed by atoms with Gasteiger partial charge >= 0.3 is 0 Å². The Morgan fingerprint density at radius 2 is 1.00 bits per heavy atom. The molecular weight excluding hydrogens is 657 g/mol. The lowest BCUT2D eigenvalue weighted by molar-refractivity contribution is 0.568. The van der Waals surface area contributed by atoms with Crippen molar-refractivity contribution >= 4 is 57.5 Å². The summed E-state index contributed by atoms with van der Waals surface area (Å²) in [6.07, 6.45) is 0. The fourth-order valence-corrected chi connectivity index (χ4v) is 8.05. The van der Waals surface area contributed by atoms with Gasteiger partial charge in [-0.05, 0) is 109 Å². The monoisotopic (exact) mass is 711 g/mol. The van der Waals surface area contributed by atoms with Crippen LogP contribution in [0.5, 0.6) is 0 Å². The van der Waals surface area contributed by atoms with Crippen molar-refractivity contribution in [1.29, 1.82) is 0 Å². The molecule has 2 aliphatic heterocycles. The van der Waals surface area contributed by atoms with Crippen LogP contribution in [0.2, 0.25) is 0 Å². The second kappa shape index (κ2) is 12.2. The maximum atomic E-state index is 5.16. The molecule has 6 heteroatoms. The zero-order valence-corrected chi connectivity index (χ0v) is 34.2. The predicted molar refractivity (Wildman–Crippen MR) is 230 cm³/mol. The largest absolute Gasteiger partial charge is 0.311 e. The van der Waals surface area contributed by atoms with Gasteiger partial charge in [-0.25, -0.2) is 0 Å². The summed E-state index contributed by atoms with van der Waals surface area (Å²) in [6, 6.07) is 40.7. The van der Waals surface area contributed by atoms with Crippen molar-refractivity contribution in [2.24, 2.45) is 0 Å². The molecule has 8 rings (SSSR count). The van der Waals surface area contributed by atoms with E-state index < -0.39 is 0 Å². The summed E-state index contributed by atoms with van der Waals surface area (Å²) in [7, 11) is 0. The molecule has 5 nitrogen and oxygen atoms in total. The van der Waals surface area contributed by atoms with Gasteiger partial charge < -0.3 is 4.90 Å². The highest BCUT2D eigenvalue weighted by Crippen LogP contribution is 2.46. The first-order valence-corrected chi connectivity index (χ1v) is 19.5. The predicted octanol–water partition coefficient (Wildman–Crippen LogP) is 10.5. The first-order chi connectivity index (χ1) is 25.3. The van der Waals surface area contributed by atoms with Gasteiger partial charge in [-0.15, -0.1) is 5.10 Å². The molecule has 0 unspecified atom stereocenters. The standard InChI is InChI=1S/C48H54BN5/c1-45(2,3)31-21-24-35(25-22-31)52-39-26-23-32(46(4,5)6)30-38(39)49-42-40(52)19-16-20-41(42)53(44-43(49)50-51-54(44)36-17-14-13-15-18-36)37-28-33(47(7,8)9)27-34(29-37)48(10,11)12/h13-30H,1-12H3. The van der Waals surface area contributed by atoms with Crippen LogP contribution in [0.4, 0.5) is 34.3 Å². The zero-order chi connectivity index (χ0) is 38.5. The Morgan fingerprint density at radius 3 is 1.57 bits per heavy atom. The molecule has 3 heterocycles. The van der Waals surface area contributed by atoms with Gasteiger partial charge in [0, 0.05) is 28.4 Å². The van der Waals surface area contributed by atoms with Gasteiger partial charge in [0.25, 0.3) is 6.71 Å². The topological polar surface area (TPSA) is 37.2 Å². The highest BCUT2D eigenvalue weighted by atomic mass is 15.5. The first kappa shape index (κ1) is 35.9. The number of benzene rings is 5. The average Bonchev–Trinajstić information content (AvgIpc) is 3.55. The van der Waals surface area contributed by atoms with E-state index in [2.05, 4.69) is 207 Å². The summed E-state index contributed by atoms with van der Waals surface area (Å²) in [5.41, 5.74) is 15.4. The lowest BCUT2D eigenvalue weighted by Crippen LogP contribution is -2.62. The molecule has 0 saturated carbocycles. The fourth-order valence-electron chi connectivity index (χ4n) is 8.05. The highest BCUT2D eigenvalue weighted by Gasteiger charge is 2.47. The molecule has 0 radical (unpaired) electrons. The molecule has 0 amide bonds. The number of nitrogens with zero attached hydrogens (tertiary/aromatic N) is 5. The lowest BCUT2D eigenvalue weighted by Gasteiger charge is -2.43. The van der Waals surface area contributed by atoms with Crippen molar-refractivity contribution < 1.29 is 0 Å². The van der Waals surface area contributed by atoms with Gasteiger partial charge in [0.05, 0.1) is 11.3 Å². The zero-order valence-electron chi connectivity index (χ0n) is 34.2. The van der Waals surface area contributed by atoms with E-state index >= 15 is 0 Å². The summed E-state index contributed by atoms with van der Waals surface area (Å²) in [6.45, 7) is 27.5. The van der Waals surface area contributed by atoms with Crippen LogP contribution in [0.3, 0.4) is 0 Å². The van der Waals surface area contributed by atoms with E-state index in [-0.39, 0.29) is 28.4 Å². The third-order valence-corrected chi connectivity index (χ3v) is 11.3. The Balaban J connectivity index is 1.47. The van der Waals surface area contributed by atoms with Gasteiger partial charge in [-0.2, -0.15) is 4.68 Å². The van der Waals surface area contributed by atoms with Crippen molar-refractivity contribution in [1.82, 2.24) is 15.0 Å². The number of anilines is 6. The van der Waals surface area contributed by atoms with Crippen LogP contribution in [0.15, 0.2) is 109 Å². The van der Waals surface area contributed by atoms with Crippen LogP contribution in [-0.4, -0.2) is 21.7 Å². The Kier molecular flexibility index (Phi) is 8.12. The second-order valence-electron chi connectivity index (χ2n) is 19.4. The average molecular weight is 712 g/mol. The minimum Gasteiger partial charge on any atom is -0.311 e. The van der Waals surface area contributed by atoms with Crippen LogP contribution in [-0.2, 0) is 21.7 Å². The molecule has 0 atom stereocenters. The van der Waals surface area contributed by atoms with E-state index in [1.54, 1.807) is 0 Å². The minimum atomic E-state index is -0.116. The Labute approximate surface area is 323 Å². The van der Waals surface area contributed by atoms with Gasteiger partial charge in [-0.1, -0.05) is 143 Å². The Hall–Kier alpha value is -5.10.